The summed E-state index contributed by atoms with van der Waals surface area (Å²) in [6.07, 6.45) is -2.55. The molecule has 2 N–H and O–H groups in total. The lowest BCUT2D eigenvalue weighted by Crippen LogP contribution is -2.47. The molecule has 0 unspecified atom stereocenters. The van der Waals surface area contributed by atoms with Crippen molar-refractivity contribution in [2.75, 3.05) is 26.2 Å². The summed E-state index contributed by atoms with van der Waals surface area (Å²) in [5.41, 5.74) is 1.56. The maximum absolute atomic E-state index is 14.0. The third kappa shape index (κ3) is 6.18. The van der Waals surface area contributed by atoms with Crippen LogP contribution in [0.4, 0.5) is 8.78 Å². The number of nitrogens with one attached hydrogen (secondary N) is 1. The van der Waals surface area contributed by atoms with Crippen molar-refractivity contribution in [1.82, 2.24) is 10.2 Å². The summed E-state index contributed by atoms with van der Waals surface area (Å²) < 4.78 is 28.1. The molecule has 3 nitrogen and oxygen atoms in total. The van der Waals surface area contributed by atoms with E-state index in [0.29, 0.717) is 31.7 Å². The molecule has 2 rings (SSSR count). The number of hydrogen-bond acceptors (Lipinski definition) is 3. The minimum atomic E-state index is -2.55. The highest BCUT2D eigenvalue weighted by Gasteiger charge is 2.35. The molecule has 1 aromatic rings. The molecule has 7 heteroatoms. The van der Waals surface area contributed by atoms with Crippen LogP contribution >= 0.6 is 24.8 Å². The lowest BCUT2D eigenvalue weighted by atomic mass is 9.78. The Bertz CT molecular complexity index is 607. The van der Waals surface area contributed by atoms with E-state index < -0.39 is 12.5 Å². The number of piperazine rings is 1. The smallest absolute Gasteiger partial charge is 0.258 e. The van der Waals surface area contributed by atoms with Crippen LogP contribution in [0.3, 0.4) is 0 Å². The molecule has 27 heavy (non-hydrogen) atoms. The number of alkyl halides is 2. The van der Waals surface area contributed by atoms with Gasteiger partial charge in [0, 0.05) is 31.7 Å². The van der Waals surface area contributed by atoms with Crippen LogP contribution in [0, 0.1) is 0 Å². The summed E-state index contributed by atoms with van der Waals surface area (Å²) in [4.78, 5) is 1.79. The standard InChI is InChI=1S/C20H32F2N2O.2ClH/c1-19(2,3)13-11-14(17(25)15(12-13)20(4,5)6)16(18(21)22)24-9-7-23-8-10-24;;/h11-12,16,18,23,25H,7-10H2,1-6H3;2*1H/t16-;;/m1../s1. The molecule has 1 aliphatic rings. The van der Waals surface area contributed by atoms with Crippen LogP contribution in [-0.2, 0) is 10.8 Å². The zero-order valence-electron chi connectivity index (χ0n) is 17.1. The first-order chi connectivity index (χ1) is 11.4. The second-order valence-electron chi connectivity index (χ2n) is 9.03. The number of phenols is 1. The first kappa shape index (κ1) is 26.4. The van der Waals surface area contributed by atoms with E-state index in [1.54, 1.807) is 11.0 Å². The van der Waals surface area contributed by atoms with Gasteiger partial charge in [-0.3, -0.25) is 4.90 Å². The topological polar surface area (TPSA) is 35.5 Å². The van der Waals surface area contributed by atoms with Crippen LogP contribution in [0.15, 0.2) is 12.1 Å². The van der Waals surface area contributed by atoms with E-state index in [2.05, 4.69) is 26.1 Å². The quantitative estimate of drug-likeness (QED) is 0.709. The molecule has 0 spiro atoms. The van der Waals surface area contributed by atoms with Gasteiger partial charge in [-0.15, -0.1) is 24.8 Å². The highest BCUT2D eigenvalue weighted by atomic mass is 35.5. The monoisotopic (exact) mass is 426 g/mol. The van der Waals surface area contributed by atoms with Gasteiger partial charge in [0.15, 0.2) is 0 Å². The van der Waals surface area contributed by atoms with Crippen molar-refractivity contribution < 1.29 is 13.9 Å². The van der Waals surface area contributed by atoms with Crippen molar-refractivity contribution in [3.05, 3.63) is 28.8 Å². The average molecular weight is 427 g/mol. The van der Waals surface area contributed by atoms with Crippen LogP contribution in [0.5, 0.6) is 5.75 Å². The minimum Gasteiger partial charge on any atom is -0.507 e. The third-order valence-corrected chi connectivity index (χ3v) is 4.92. The van der Waals surface area contributed by atoms with E-state index in [-0.39, 0.29) is 41.4 Å². The normalized spacial score (nSPS) is 17.2. The summed E-state index contributed by atoms with van der Waals surface area (Å²) in [7, 11) is 0. The van der Waals surface area contributed by atoms with E-state index in [0.717, 1.165) is 11.1 Å². The average Bonchev–Trinajstić information content (AvgIpc) is 2.47. The molecule has 0 aliphatic carbocycles. The summed E-state index contributed by atoms with van der Waals surface area (Å²) >= 11 is 0. The number of phenolic OH excluding ortho intramolecular Hbond substituents is 1. The van der Waals surface area contributed by atoms with Crippen LogP contribution in [-0.4, -0.2) is 42.6 Å². The van der Waals surface area contributed by atoms with Crippen molar-refractivity contribution in [3.8, 4) is 5.75 Å². The Hall–Kier alpha value is -0.620. The number of hydrogen-bond donors (Lipinski definition) is 2. The van der Waals surface area contributed by atoms with Gasteiger partial charge >= 0.3 is 0 Å². The minimum absolute atomic E-state index is 0. The molecule has 1 heterocycles. The fourth-order valence-electron chi connectivity index (χ4n) is 3.34. The number of halogens is 4. The molecule has 0 radical (unpaired) electrons. The van der Waals surface area contributed by atoms with E-state index in [1.807, 2.05) is 26.8 Å². The van der Waals surface area contributed by atoms with Crippen LogP contribution in [0.25, 0.3) is 0 Å². The first-order valence-corrected chi connectivity index (χ1v) is 9.03. The van der Waals surface area contributed by atoms with E-state index in [9.17, 15) is 13.9 Å². The van der Waals surface area contributed by atoms with Gasteiger partial charge in [0.1, 0.15) is 11.8 Å². The predicted octanol–water partition coefficient (Wildman–Crippen LogP) is 5.04. The Balaban J connectivity index is 0.00000338. The second kappa shape index (κ2) is 9.73. The van der Waals surface area contributed by atoms with Crippen molar-refractivity contribution >= 4 is 24.8 Å². The zero-order valence-corrected chi connectivity index (χ0v) is 18.7. The highest BCUT2D eigenvalue weighted by molar-refractivity contribution is 5.85. The van der Waals surface area contributed by atoms with E-state index in [1.165, 1.54) is 0 Å². The number of benzene rings is 1. The van der Waals surface area contributed by atoms with Crippen molar-refractivity contribution in [2.24, 2.45) is 0 Å². The highest BCUT2D eigenvalue weighted by Crippen LogP contribution is 2.42. The SMILES string of the molecule is CC(C)(C)c1cc([C@H](C(F)F)N2CCNCC2)c(O)c(C(C)(C)C)c1.Cl.Cl. The maximum Gasteiger partial charge on any atom is 0.258 e. The lowest BCUT2D eigenvalue weighted by Gasteiger charge is -2.36. The molecule has 1 aromatic carbocycles. The second-order valence-corrected chi connectivity index (χ2v) is 9.03. The van der Waals surface area contributed by atoms with Crippen LogP contribution in [0.2, 0.25) is 0 Å². The molecular weight excluding hydrogens is 393 g/mol. The predicted molar refractivity (Wildman–Crippen MR) is 113 cm³/mol. The summed E-state index contributed by atoms with van der Waals surface area (Å²) in [5.74, 6) is 0.0179. The Morgan fingerprint density at radius 3 is 1.89 bits per heavy atom. The molecule has 0 bridgehead atoms. The van der Waals surface area contributed by atoms with Crippen LogP contribution < -0.4 is 5.32 Å². The Morgan fingerprint density at radius 1 is 0.963 bits per heavy atom. The van der Waals surface area contributed by atoms with Gasteiger partial charge in [-0.2, -0.15) is 0 Å². The Kier molecular flexibility index (Phi) is 9.50. The number of nitrogens with zero attached hydrogens (tertiary/aromatic N) is 1. The van der Waals surface area contributed by atoms with Gasteiger partial charge in [-0.05, 0) is 28.0 Å². The molecule has 1 aliphatic heterocycles. The molecule has 1 fully saturated rings. The summed E-state index contributed by atoms with van der Waals surface area (Å²) in [6.45, 7) is 14.7. The van der Waals surface area contributed by atoms with Crippen LogP contribution in [0.1, 0.15) is 64.3 Å². The summed E-state index contributed by atoms with van der Waals surface area (Å²) in [5, 5.41) is 14.1. The summed E-state index contributed by atoms with van der Waals surface area (Å²) in [6, 6.07) is 2.67. The lowest BCUT2D eigenvalue weighted by molar-refractivity contribution is 0.0168. The third-order valence-electron chi connectivity index (χ3n) is 4.92. The van der Waals surface area contributed by atoms with Crippen molar-refractivity contribution in [1.29, 1.82) is 0 Å². The molecule has 158 valence electrons. The first-order valence-electron chi connectivity index (χ1n) is 9.03. The fourth-order valence-corrected chi connectivity index (χ4v) is 3.34. The largest absolute Gasteiger partial charge is 0.507 e. The molecule has 1 atom stereocenters. The molecule has 0 saturated carbocycles. The molecule has 0 amide bonds. The zero-order chi connectivity index (χ0) is 19.0. The van der Waals surface area contributed by atoms with Crippen molar-refractivity contribution in [2.45, 2.75) is 64.8 Å². The Labute approximate surface area is 174 Å². The number of aromatic hydroxyl groups is 1. The molecule has 0 aromatic heterocycles. The molecule has 1 saturated heterocycles. The molecular formula is C20H34Cl2F2N2O. The van der Waals surface area contributed by atoms with Gasteiger partial charge in [0.25, 0.3) is 6.43 Å². The van der Waals surface area contributed by atoms with E-state index in [4.69, 9.17) is 0 Å². The van der Waals surface area contributed by atoms with Gasteiger partial charge in [0.05, 0.1) is 0 Å². The van der Waals surface area contributed by atoms with Gasteiger partial charge in [-0.1, -0.05) is 47.6 Å². The fraction of sp³-hybridized carbons (Fsp3) is 0.700. The van der Waals surface area contributed by atoms with Crippen molar-refractivity contribution in [3.63, 3.8) is 0 Å². The van der Waals surface area contributed by atoms with E-state index >= 15 is 0 Å². The van der Waals surface area contributed by atoms with Gasteiger partial charge in [-0.25, -0.2) is 8.78 Å². The number of rotatable bonds is 3. The van der Waals surface area contributed by atoms with Gasteiger partial charge < -0.3 is 10.4 Å². The Morgan fingerprint density at radius 2 is 1.48 bits per heavy atom. The van der Waals surface area contributed by atoms with Gasteiger partial charge in [0.2, 0.25) is 0 Å². The maximum atomic E-state index is 14.0.